The second kappa shape index (κ2) is 4.78. The molecule has 1 aliphatic heterocycles. The van der Waals surface area contributed by atoms with Crippen molar-refractivity contribution in [3.63, 3.8) is 0 Å². The van der Waals surface area contributed by atoms with E-state index in [0.717, 1.165) is 48.2 Å². The predicted octanol–water partition coefficient (Wildman–Crippen LogP) is 2.07. The molecule has 0 unspecified atom stereocenters. The number of carbonyl (C=O) groups is 1. The summed E-state index contributed by atoms with van der Waals surface area (Å²) in [7, 11) is 0. The fourth-order valence-electron chi connectivity index (χ4n) is 3.09. The van der Waals surface area contributed by atoms with Gasteiger partial charge >= 0.3 is 0 Å². The molecule has 2 N–H and O–H groups in total. The number of aromatic nitrogens is 1. The maximum absolute atomic E-state index is 11.6. The van der Waals surface area contributed by atoms with Gasteiger partial charge in [-0.1, -0.05) is 6.07 Å². The van der Waals surface area contributed by atoms with Gasteiger partial charge in [0.05, 0.1) is 5.52 Å². The highest BCUT2D eigenvalue weighted by molar-refractivity contribution is 5.94. The summed E-state index contributed by atoms with van der Waals surface area (Å²) in [5.41, 5.74) is 11.4. The van der Waals surface area contributed by atoms with Crippen LogP contribution in [0.2, 0.25) is 0 Å². The normalized spacial score (nSPS) is 15.0. The number of nitrogens with two attached hydrogens (primary N) is 1. The highest BCUT2D eigenvalue weighted by Gasteiger charge is 2.20. The summed E-state index contributed by atoms with van der Waals surface area (Å²) in [6.45, 7) is 5.26. The van der Waals surface area contributed by atoms with E-state index in [9.17, 15) is 4.79 Å². The zero-order valence-electron chi connectivity index (χ0n) is 11.9. The summed E-state index contributed by atoms with van der Waals surface area (Å²) < 4.78 is 0. The molecule has 1 aliphatic rings. The van der Waals surface area contributed by atoms with Crippen molar-refractivity contribution in [3.05, 3.63) is 35.0 Å². The zero-order valence-corrected chi connectivity index (χ0v) is 11.9. The molecule has 20 heavy (non-hydrogen) atoms. The molecule has 3 rings (SSSR count). The highest BCUT2D eigenvalue weighted by atomic mass is 16.2. The van der Waals surface area contributed by atoms with Crippen LogP contribution in [0.25, 0.3) is 10.9 Å². The van der Waals surface area contributed by atoms with Gasteiger partial charge in [-0.05, 0) is 36.6 Å². The molecule has 1 aromatic carbocycles. The van der Waals surface area contributed by atoms with E-state index in [0.29, 0.717) is 0 Å². The van der Waals surface area contributed by atoms with Crippen LogP contribution in [0, 0.1) is 6.92 Å². The van der Waals surface area contributed by atoms with Gasteiger partial charge in [0.15, 0.2) is 0 Å². The lowest BCUT2D eigenvalue weighted by Gasteiger charge is -2.17. The fraction of sp³-hybridized carbons (Fsp3) is 0.375. The smallest absolute Gasteiger partial charge is 0.219 e. The first-order valence-corrected chi connectivity index (χ1v) is 7.00. The molecule has 1 aromatic heterocycles. The first-order chi connectivity index (χ1) is 9.58. The van der Waals surface area contributed by atoms with E-state index in [1.54, 1.807) is 6.92 Å². The Morgan fingerprint density at radius 1 is 1.30 bits per heavy atom. The van der Waals surface area contributed by atoms with E-state index in [4.69, 9.17) is 10.7 Å². The Hall–Kier alpha value is -2.10. The lowest BCUT2D eigenvalue weighted by Crippen LogP contribution is -2.31. The largest absolute Gasteiger partial charge is 0.398 e. The van der Waals surface area contributed by atoms with E-state index < -0.39 is 0 Å². The van der Waals surface area contributed by atoms with Crippen LogP contribution in [-0.2, 0) is 17.6 Å². The van der Waals surface area contributed by atoms with Gasteiger partial charge in [-0.15, -0.1) is 0 Å². The average Bonchev–Trinajstić information content (AvgIpc) is 2.61. The van der Waals surface area contributed by atoms with Gasteiger partial charge in [-0.2, -0.15) is 0 Å². The van der Waals surface area contributed by atoms with E-state index in [1.165, 1.54) is 11.1 Å². The number of nitrogens with zero attached hydrogens (tertiary/aromatic N) is 2. The number of carbonyl (C=O) groups excluding carboxylic acids is 1. The van der Waals surface area contributed by atoms with E-state index in [1.807, 2.05) is 23.1 Å². The summed E-state index contributed by atoms with van der Waals surface area (Å²) in [4.78, 5) is 18.2. The molecule has 0 saturated carbocycles. The minimum Gasteiger partial charge on any atom is -0.398 e. The molecule has 4 heteroatoms. The summed E-state index contributed by atoms with van der Waals surface area (Å²) in [5, 5.41) is 1.06. The van der Waals surface area contributed by atoms with Crippen LogP contribution < -0.4 is 5.73 Å². The SMILES string of the molecule is CC(=O)N1CCc2nc3cccc(N)c3c(C)c2CC1. The number of anilines is 1. The number of benzene rings is 1. The van der Waals surface area contributed by atoms with E-state index >= 15 is 0 Å². The van der Waals surface area contributed by atoms with Crippen LogP contribution in [0.15, 0.2) is 18.2 Å². The Labute approximate surface area is 118 Å². The highest BCUT2D eigenvalue weighted by Crippen LogP contribution is 2.29. The van der Waals surface area contributed by atoms with Crippen LogP contribution in [-0.4, -0.2) is 28.9 Å². The summed E-state index contributed by atoms with van der Waals surface area (Å²) in [6, 6.07) is 5.86. The van der Waals surface area contributed by atoms with Gasteiger partial charge < -0.3 is 10.6 Å². The van der Waals surface area contributed by atoms with Crippen molar-refractivity contribution < 1.29 is 4.79 Å². The minimum absolute atomic E-state index is 0.138. The Balaban J connectivity index is 2.14. The first kappa shape index (κ1) is 12.9. The molecule has 0 aliphatic carbocycles. The van der Waals surface area contributed by atoms with Crippen molar-refractivity contribution in [2.24, 2.45) is 0 Å². The maximum Gasteiger partial charge on any atom is 0.219 e. The molecule has 0 bridgehead atoms. The molecule has 0 atom stereocenters. The third-order valence-electron chi connectivity index (χ3n) is 4.20. The van der Waals surface area contributed by atoms with Gasteiger partial charge in [-0.25, -0.2) is 0 Å². The average molecular weight is 269 g/mol. The second-order valence-corrected chi connectivity index (χ2v) is 5.41. The van der Waals surface area contributed by atoms with Gasteiger partial charge in [0.1, 0.15) is 0 Å². The number of hydrogen-bond donors (Lipinski definition) is 1. The number of nitrogen functional groups attached to an aromatic ring is 1. The van der Waals surface area contributed by atoms with Crippen molar-refractivity contribution in [3.8, 4) is 0 Å². The number of amides is 1. The van der Waals surface area contributed by atoms with Gasteiger partial charge in [0.2, 0.25) is 5.91 Å². The number of fused-ring (bicyclic) bond motifs is 2. The monoisotopic (exact) mass is 269 g/mol. The molecular weight excluding hydrogens is 250 g/mol. The minimum atomic E-state index is 0.138. The first-order valence-electron chi connectivity index (χ1n) is 7.00. The van der Waals surface area contributed by atoms with Crippen LogP contribution in [0.3, 0.4) is 0 Å². The Morgan fingerprint density at radius 2 is 2.05 bits per heavy atom. The second-order valence-electron chi connectivity index (χ2n) is 5.41. The lowest BCUT2D eigenvalue weighted by molar-refractivity contribution is -0.128. The standard InChI is InChI=1S/C16H19N3O/c1-10-12-6-8-19(11(2)20)9-7-14(12)18-15-5-3-4-13(17)16(10)15/h3-5H,6-9,17H2,1-2H3. The molecule has 104 valence electrons. The van der Waals surface area contributed by atoms with Gasteiger partial charge in [0.25, 0.3) is 0 Å². The molecule has 2 heterocycles. The topological polar surface area (TPSA) is 59.2 Å². The lowest BCUT2D eigenvalue weighted by atomic mass is 9.97. The maximum atomic E-state index is 11.6. The molecule has 0 saturated heterocycles. The quantitative estimate of drug-likeness (QED) is 0.745. The van der Waals surface area contributed by atoms with Crippen molar-refractivity contribution in [2.45, 2.75) is 26.7 Å². The third kappa shape index (κ3) is 2.01. The van der Waals surface area contributed by atoms with Crippen molar-refractivity contribution in [1.82, 2.24) is 9.88 Å². The van der Waals surface area contributed by atoms with Crippen molar-refractivity contribution >= 4 is 22.5 Å². The van der Waals surface area contributed by atoms with Crippen molar-refractivity contribution in [2.75, 3.05) is 18.8 Å². The zero-order chi connectivity index (χ0) is 14.3. The summed E-state index contributed by atoms with van der Waals surface area (Å²) in [6.07, 6.45) is 1.68. The fourth-order valence-corrected chi connectivity index (χ4v) is 3.09. The van der Waals surface area contributed by atoms with Crippen molar-refractivity contribution in [1.29, 1.82) is 0 Å². The van der Waals surface area contributed by atoms with E-state index in [2.05, 4.69) is 6.92 Å². The number of aryl methyl sites for hydroxylation is 1. The Bertz CT molecular complexity index is 694. The van der Waals surface area contributed by atoms with Crippen LogP contribution in [0.5, 0.6) is 0 Å². The number of hydrogen-bond acceptors (Lipinski definition) is 3. The van der Waals surface area contributed by atoms with Crippen LogP contribution >= 0.6 is 0 Å². The van der Waals surface area contributed by atoms with Gasteiger partial charge in [0, 0.05) is 43.2 Å². The van der Waals surface area contributed by atoms with Crippen LogP contribution in [0.1, 0.15) is 23.7 Å². The number of pyridine rings is 1. The third-order valence-corrected chi connectivity index (χ3v) is 4.20. The summed E-state index contributed by atoms with van der Waals surface area (Å²) in [5.74, 6) is 0.138. The Morgan fingerprint density at radius 3 is 2.80 bits per heavy atom. The number of rotatable bonds is 0. The molecule has 4 nitrogen and oxygen atoms in total. The molecule has 0 fully saturated rings. The van der Waals surface area contributed by atoms with Gasteiger partial charge in [-0.3, -0.25) is 9.78 Å². The Kier molecular flexibility index (Phi) is 3.08. The molecular formula is C16H19N3O. The molecule has 0 spiro atoms. The summed E-state index contributed by atoms with van der Waals surface area (Å²) >= 11 is 0. The predicted molar refractivity (Wildman–Crippen MR) is 80.6 cm³/mol. The molecule has 2 aromatic rings. The molecule has 1 amide bonds. The van der Waals surface area contributed by atoms with Crippen LogP contribution in [0.4, 0.5) is 5.69 Å². The molecule has 0 radical (unpaired) electrons. The van der Waals surface area contributed by atoms with E-state index in [-0.39, 0.29) is 5.91 Å².